The van der Waals surface area contributed by atoms with Gasteiger partial charge in [0.15, 0.2) is 0 Å². The van der Waals surface area contributed by atoms with E-state index in [-0.39, 0.29) is 0 Å². The van der Waals surface area contributed by atoms with E-state index in [1.54, 1.807) is 28.1 Å². The summed E-state index contributed by atoms with van der Waals surface area (Å²) < 4.78 is 1.70. The number of benzene rings is 1. The molecule has 0 saturated carbocycles. The van der Waals surface area contributed by atoms with Crippen LogP contribution in [0, 0.1) is 0 Å². The molecule has 2 heteroatoms. The quantitative estimate of drug-likeness (QED) is 0.656. The molecule has 0 radical (unpaired) electrons. The molecule has 0 atom stereocenters. The van der Waals surface area contributed by atoms with E-state index in [0.29, 0.717) is 5.75 Å². The van der Waals surface area contributed by atoms with E-state index < -0.39 is 14.0 Å². The molecule has 1 N–H and O–H groups in total. The molecule has 100 valence electrons. The van der Waals surface area contributed by atoms with E-state index in [9.17, 15) is 0 Å². The zero-order valence-corrected chi connectivity index (χ0v) is 13.8. The number of allylic oxidation sites excluding steroid dienone is 4. The Hall–Kier alpha value is -0.786. The molecule has 0 amide bonds. The number of aromatic hydroxyl groups is 1. The molecule has 0 aromatic heterocycles. The second-order valence-corrected chi connectivity index (χ2v) is 29.4. The van der Waals surface area contributed by atoms with Crippen LogP contribution >= 0.6 is 0 Å². The van der Waals surface area contributed by atoms with E-state index in [1.807, 2.05) is 6.07 Å². The van der Waals surface area contributed by atoms with Crippen molar-refractivity contribution in [2.24, 2.45) is 0 Å². The van der Waals surface area contributed by atoms with Crippen molar-refractivity contribution in [2.75, 3.05) is 0 Å². The topological polar surface area (TPSA) is 20.2 Å². The van der Waals surface area contributed by atoms with Crippen LogP contribution in [0.25, 0.3) is 0 Å². The van der Waals surface area contributed by atoms with Crippen LogP contribution in [0.15, 0.2) is 52.4 Å². The molecular weight excluding hydrogens is 256 g/mol. The monoisotopic (exact) mass is 282 g/mol. The molecule has 0 fully saturated rings. The zero-order valence-electron chi connectivity index (χ0n) is 12.3. The van der Waals surface area contributed by atoms with Gasteiger partial charge in [-0.3, -0.25) is 0 Å². The second kappa shape index (κ2) is 4.40. The van der Waals surface area contributed by atoms with Crippen LogP contribution in [-0.2, 0) is 14.0 Å². The van der Waals surface area contributed by atoms with Crippen LogP contribution in [0.3, 0.4) is 0 Å². The average molecular weight is 282 g/mol. The standard InChI is InChI=1S/C6H6O.C5H5.5CH3.Ti/c7-6-4-2-1-3-5-6;1-2-4-5-3-1;;;;;;/h1-5,7H;1-3H,4H2;5*1H3;. The Morgan fingerprint density at radius 3 is 1.72 bits per heavy atom. The molecule has 1 aromatic carbocycles. The summed E-state index contributed by atoms with van der Waals surface area (Å²) in [5, 5.41) is 21.1. The number of phenolic OH excluding ortho intramolecular Hbond substituents is 1. The molecule has 0 aliphatic heterocycles. The van der Waals surface area contributed by atoms with Gasteiger partial charge < -0.3 is 5.11 Å². The van der Waals surface area contributed by atoms with Gasteiger partial charge in [0, 0.05) is 0 Å². The van der Waals surface area contributed by atoms with Gasteiger partial charge in [0.1, 0.15) is 5.75 Å². The van der Waals surface area contributed by atoms with Crippen molar-refractivity contribution in [1.29, 1.82) is 0 Å². The van der Waals surface area contributed by atoms with Crippen LogP contribution in [0.1, 0.15) is 6.42 Å². The molecule has 0 heterocycles. The summed E-state index contributed by atoms with van der Waals surface area (Å²) in [7, 11) is 0. The zero-order chi connectivity index (χ0) is 13.9. The van der Waals surface area contributed by atoms with E-state index in [0.717, 1.165) is 0 Å². The van der Waals surface area contributed by atoms with Crippen molar-refractivity contribution in [2.45, 2.75) is 32.6 Å². The third-order valence-electron chi connectivity index (χ3n) is 3.13. The summed E-state index contributed by atoms with van der Waals surface area (Å²) >= 11 is -2.61. The average Bonchev–Trinajstić information content (AvgIpc) is 2.70. The molecule has 1 aliphatic rings. The van der Waals surface area contributed by atoms with Gasteiger partial charge in [-0.1, -0.05) is 18.2 Å². The molecule has 1 nitrogen and oxygen atoms in total. The normalized spacial score (nSPS) is 18.2. The summed E-state index contributed by atoms with van der Waals surface area (Å²) in [6, 6.07) is 8.71. The molecule has 0 saturated heterocycles. The fourth-order valence-corrected chi connectivity index (χ4v) is 5.03. The minimum absolute atomic E-state index is 0.322. The summed E-state index contributed by atoms with van der Waals surface area (Å²) in [5.41, 5.74) is 0. The third-order valence-corrected chi connectivity index (χ3v) is 8.73. The molecule has 0 spiro atoms. The molecular formula is C16H26OTi. The number of rotatable bonds is 1. The van der Waals surface area contributed by atoms with Crippen LogP contribution in [-0.4, -0.2) is 5.11 Å². The van der Waals surface area contributed by atoms with Crippen molar-refractivity contribution in [1.82, 2.24) is 0 Å². The van der Waals surface area contributed by atoms with Gasteiger partial charge in [0.05, 0.1) is 0 Å². The first kappa shape index (κ1) is 15.3. The molecule has 1 aromatic rings. The Morgan fingerprint density at radius 1 is 0.944 bits per heavy atom. The van der Waals surface area contributed by atoms with Gasteiger partial charge in [0.2, 0.25) is 0 Å². The van der Waals surface area contributed by atoms with Gasteiger partial charge in [0.25, 0.3) is 0 Å². The number of hydrogen-bond acceptors (Lipinski definition) is 1. The number of hydrogen-bond donors (Lipinski definition) is 1. The first-order valence-electron chi connectivity index (χ1n) is 6.60. The van der Waals surface area contributed by atoms with E-state index >= 15 is 0 Å². The summed E-state index contributed by atoms with van der Waals surface area (Å²) in [6.07, 6.45) is 7.98. The van der Waals surface area contributed by atoms with Crippen LogP contribution in [0.5, 0.6) is 5.75 Å². The van der Waals surface area contributed by atoms with E-state index in [1.165, 1.54) is 6.42 Å². The third kappa shape index (κ3) is 5.24. The van der Waals surface area contributed by atoms with Crippen molar-refractivity contribution in [3.63, 3.8) is 0 Å². The van der Waals surface area contributed by atoms with Gasteiger partial charge in [-0.2, -0.15) is 0 Å². The Kier molecular flexibility index (Phi) is 3.73. The minimum atomic E-state index is -2.61. The second-order valence-electron chi connectivity index (χ2n) is 8.91. The van der Waals surface area contributed by atoms with Gasteiger partial charge in [-0.15, -0.1) is 0 Å². The van der Waals surface area contributed by atoms with Gasteiger partial charge in [-0.05, 0) is 12.1 Å². The fraction of sp³-hybridized carbons (Fsp3) is 0.375. The Balaban J connectivity index is 0.000000199. The predicted molar refractivity (Wildman–Crippen MR) is 79.3 cm³/mol. The molecule has 1 aliphatic carbocycles. The SMILES string of the molecule is Oc1ccccc1.[CH3][Ti]([CH3])([CH3])([CH3])([CH3])[C]1=CC=CC1. The van der Waals surface area contributed by atoms with E-state index in [2.05, 4.69) is 44.4 Å². The first-order valence-corrected chi connectivity index (χ1v) is 15.2. The summed E-state index contributed by atoms with van der Waals surface area (Å²) in [4.78, 5) is 0. The molecule has 2 rings (SSSR count). The van der Waals surface area contributed by atoms with Crippen molar-refractivity contribution in [3.8, 4) is 5.75 Å². The fourth-order valence-electron chi connectivity index (χ4n) is 1.80. The maximum absolute atomic E-state index is 8.63. The van der Waals surface area contributed by atoms with Crippen LogP contribution < -0.4 is 0 Å². The van der Waals surface area contributed by atoms with Gasteiger partial charge in [-0.25, -0.2) is 0 Å². The van der Waals surface area contributed by atoms with Gasteiger partial charge >= 0.3 is 68.7 Å². The van der Waals surface area contributed by atoms with Crippen molar-refractivity contribution < 1.29 is 19.1 Å². The maximum atomic E-state index is 8.63. The van der Waals surface area contributed by atoms with Crippen molar-refractivity contribution in [3.05, 3.63) is 52.4 Å². The van der Waals surface area contributed by atoms with Crippen LogP contribution in [0.2, 0.25) is 26.1 Å². The Morgan fingerprint density at radius 2 is 1.50 bits per heavy atom. The first-order chi connectivity index (χ1) is 7.99. The molecule has 18 heavy (non-hydrogen) atoms. The van der Waals surface area contributed by atoms with Crippen molar-refractivity contribution >= 4 is 0 Å². The molecule has 0 bridgehead atoms. The van der Waals surface area contributed by atoms with Crippen LogP contribution in [0.4, 0.5) is 0 Å². The Labute approximate surface area is 110 Å². The summed E-state index contributed by atoms with van der Waals surface area (Å²) in [5.74, 6) is 0.322. The molecule has 0 unspecified atom stereocenters. The number of para-hydroxylation sites is 1. The Bertz CT molecular complexity index is 460. The predicted octanol–water partition coefficient (Wildman–Crippen LogP) is 5.69. The van der Waals surface area contributed by atoms with E-state index in [4.69, 9.17) is 5.11 Å². The number of phenols is 1. The summed E-state index contributed by atoms with van der Waals surface area (Å²) in [6.45, 7) is 0.